The molecule has 1 heterocycles. The van der Waals surface area contributed by atoms with Crippen molar-refractivity contribution in [2.24, 2.45) is 5.92 Å². The van der Waals surface area contributed by atoms with Crippen LogP contribution in [-0.2, 0) is 30.3 Å². The van der Waals surface area contributed by atoms with E-state index >= 15 is 0 Å². The van der Waals surface area contributed by atoms with Gasteiger partial charge in [-0.25, -0.2) is 0 Å². The average Bonchev–Trinajstić information content (AvgIpc) is 3.92. The number of fused-ring (bicyclic) bond motifs is 1. The van der Waals surface area contributed by atoms with Gasteiger partial charge < -0.3 is 28.1 Å². The van der Waals surface area contributed by atoms with Crippen LogP contribution in [-0.4, -0.2) is 59.5 Å². The quantitative estimate of drug-likeness (QED) is 0.0311. The van der Waals surface area contributed by atoms with Gasteiger partial charge in [-0.15, -0.1) is 6.58 Å². The van der Waals surface area contributed by atoms with Gasteiger partial charge in [-0.1, -0.05) is 117 Å². The highest BCUT2D eigenvalue weighted by Crippen LogP contribution is 2.52. The summed E-state index contributed by atoms with van der Waals surface area (Å²) in [6, 6.07) is 37.6. The molecule has 6 rings (SSSR count). The second-order valence-electron chi connectivity index (χ2n) is 15.8. The number of rotatable bonds is 19. The fraction of sp³-hybridized carbons (Fsp3) is 0.383. The van der Waals surface area contributed by atoms with Crippen LogP contribution in [0.15, 0.2) is 127 Å². The molecule has 0 N–H and O–H groups in total. The number of ketones is 1. The van der Waals surface area contributed by atoms with Crippen LogP contribution < -0.4 is 19.5 Å². The molecule has 7 nitrogen and oxygen atoms in total. The summed E-state index contributed by atoms with van der Waals surface area (Å²) >= 11 is 0. The van der Waals surface area contributed by atoms with E-state index in [9.17, 15) is 4.79 Å². The second kappa shape index (κ2) is 18.1. The largest absolute Gasteiger partial charge is 0.534 e. The third kappa shape index (κ3) is 9.57. The summed E-state index contributed by atoms with van der Waals surface area (Å²) in [5, 5.41) is 2.17. The molecule has 0 aromatic heterocycles. The van der Waals surface area contributed by atoms with Crippen molar-refractivity contribution in [1.29, 1.82) is 0 Å². The second-order valence-corrected chi connectivity index (χ2v) is 20.1. The zero-order valence-electron chi connectivity index (χ0n) is 33.1. The maximum absolute atomic E-state index is 13.7. The highest BCUT2D eigenvalue weighted by Gasteiger charge is 2.64. The maximum Gasteiger partial charge on any atom is 0.319 e. The minimum Gasteiger partial charge on any atom is -0.534 e. The highest BCUT2D eigenvalue weighted by atomic mass is 28.4. The number of Topliss-reactive ketones (excluding diaryl/α,β-unsaturated/α-hetero) is 1. The molecule has 4 aromatic rings. The smallest absolute Gasteiger partial charge is 0.319 e. The van der Waals surface area contributed by atoms with Gasteiger partial charge in [-0.05, 0) is 76.9 Å². The van der Waals surface area contributed by atoms with Crippen LogP contribution in [0, 0.1) is 5.92 Å². The van der Waals surface area contributed by atoms with Crippen LogP contribution in [0.3, 0.4) is 0 Å². The molecule has 2 aliphatic rings. The van der Waals surface area contributed by atoms with Gasteiger partial charge in [-0.3, -0.25) is 4.79 Å². The first-order valence-electron chi connectivity index (χ1n) is 19.4. The standard InChI is InChI=1S/C47H56O7Si/c1-35(2)24-25-47-44(48)29-38(30-45(47)53-47)39(33-51-34-50-27-26-49-6)28-37-22-23-40(31-43(37)52-32-36-16-10-7-11-17-36)54-55(46(3,4)5,41-18-12-8-13-19-41)42-20-14-9-15-21-42/h7-23,28,31,38,45H,1,24-27,29-30,32-34H2,2-6H3/b39-28+/t38-,45+,47-/m0/s1. The predicted molar refractivity (Wildman–Crippen MR) is 221 cm³/mol. The molecule has 0 amide bonds. The van der Waals surface area contributed by atoms with Gasteiger partial charge in [0.15, 0.2) is 11.4 Å². The minimum absolute atomic E-state index is 0.0491. The van der Waals surface area contributed by atoms with Crippen molar-refractivity contribution in [3.8, 4) is 11.5 Å². The molecule has 4 aromatic carbocycles. The first-order chi connectivity index (χ1) is 26.6. The van der Waals surface area contributed by atoms with Gasteiger partial charge >= 0.3 is 8.32 Å². The Balaban J connectivity index is 1.37. The highest BCUT2D eigenvalue weighted by molar-refractivity contribution is 7.00. The number of ether oxygens (including phenoxy) is 5. The molecular weight excluding hydrogens is 705 g/mol. The van der Waals surface area contributed by atoms with Crippen molar-refractivity contribution in [2.75, 3.05) is 33.7 Å². The number of hydrogen-bond acceptors (Lipinski definition) is 7. The Labute approximate surface area is 328 Å². The van der Waals surface area contributed by atoms with E-state index in [1.807, 2.05) is 37.3 Å². The van der Waals surface area contributed by atoms with Crippen LogP contribution in [0.2, 0.25) is 5.04 Å². The summed E-state index contributed by atoms with van der Waals surface area (Å²) in [5.74, 6) is 1.54. The third-order valence-corrected chi connectivity index (χ3v) is 15.7. The number of methoxy groups -OCH3 is 1. The summed E-state index contributed by atoms with van der Waals surface area (Å²) in [7, 11) is -1.27. The fourth-order valence-corrected chi connectivity index (χ4v) is 12.2. The molecule has 0 unspecified atom stereocenters. The molecule has 1 aliphatic carbocycles. The number of allylic oxidation sites excluding steroid dienone is 1. The van der Waals surface area contributed by atoms with Crippen LogP contribution in [0.1, 0.15) is 64.5 Å². The summed E-state index contributed by atoms with van der Waals surface area (Å²) in [4.78, 5) is 13.7. The molecule has 55 heavy (non-hydrogen) atoms. The monoisotopic (exact) mass is 760 g/mol. The Kier molecular flexibility index (Phi) is 13.3. The molecule has 2 fully saturated rings. The minimum atomic E-state index is -2.91. The van der Waals surface area contributed by atoms with E-state index < -0.39 is 13.9 Å². The van der Waals surface area contributed by atoms with Crippen molar-refractivity contribution in [2.45, 2.75) is 76.7 Å². The van der Waals surface area contributed by atoms with Crippen molar-refractivity contribution in [3.63, 3.8) is 0 Å². The van der Waals surface area contributed by atoms with Crippen LogP contribution >= 0.6 is 0 Å². The molecule has 1 saturated carbocycles. The number of carbonyl (C=O) groups excluding carboxylic acids is 1. The number of epoxide rings is 1. The maximum atomic E-state index is 13.7. The Morgan fingerprint density at radius 2 is 1.56 bits per heavy atom. The molecule has 0 spiro atoms. The van der Waals surface area contributed by atoms with Crippen LogP contribution in [0.4, 0.5) is 0 Å². The van der Waals surface area contributed by atoms with Crippen LogP contribution in [0.5, 0.6) is 11.5 Å². The van der Waals surface area contributed by atoms with Gasteiger partial charge in [0.2, 0.25) is 0 Å². The molecule has 1 aliphatic heterocycles. The topological polar surface area (TPSA) is 75.8 Å². The van der Waals surface area contributed by atoms with E-state index in [1.54, 1.807) is 7.11 Å². The van der Waals surface area contributed by atoms with Crippen LogP contribution in [0.25, 0.3) is 6.08 Å². The lowest BCUT2D eigenvalue weighted by molar-refractivity contribution is -0.125. The number of carbonyl (C=O) groups is 1. The van der Waals surface area contributed by atoms with E-state index in [0.29, 0.717) is 45.0 Å². The molecule has 0 bridgehead atoms. The lowest BCUT2D eigenvalue weighted by Crippen LogP contribution is -2.68. The summed E-state index contributed by atoms with van der Waals surface area (Å²) in [6.45, 7) is 14.6. The lowest BCUT2D eigenvalue weighted by Gasteiger charge is -2.43. The fourth-order valence-electron chi connectivity index (χ4n) is 7.76. The number of benzene rings is 4. The van der Waals surface area contributed by atoms with E-state index in [4.69, 9.17) is 28.1 Å². The van der Waals surface area contributed by atoms with E-state index in [2.05, 4.69) is 112 Å². The SMILES string of the molecule is C=C(C)CC[C@@]12O[C@@H]1C[C@@H](/C(=C/c1ccc(O[Si](c3ccccc3)(c3ccccc3)C(C)(C)C)cc1OCc1ccccc1)COCOCCOC)CC2=O. The summed E-state index contributed by atoms with van der Waals surface area (Å²) < 4.78 is 37.1. The molecule has 290 valence electrons. The van der Waals surface area contributed by atoms with E-state index in [1.165, 1.54) is 10.4 Å². The summed E-state index contributed by atoms with van der Waals surface area (Å²) in [6.07, 6.45) is 4.63. The Morgan fingerprint density at radius 1 is 0.909 bits per heavy atom. The average molecular weight is 761 g/mol. The Morgan fingerprint density at radius 3 is 2.16 bits per heavy atom. The van der Waals surface area contributed by atoms with E-state index in [-0.39, 0.29) is 29.6 Å². The molecule has 3 atom stereocenters. The molecule has 1 saturated heterocycles. The van der Waals surface area contributed by atoms with E-state index in [0.717, 1.165) is 40.9 Å². The normalized spacial score (nSPS) is 19.8. The van der Waals surface area contributed by atoms with Gasteiger partial charge in [0.25, 0.3) is 0 Å². The van der Waals surface area contributed by atoms with Crippen molar-refractivity contribution < 1.29 is 32.9 Å². The number of hydrogen-bond donors (Lipinski definition) is 0. The zero-order chi connectivity index (χ0) is 38.9. The van der Waals surface area contributed by atoms with Crippen molar-refractivity contribution in [3.05, 3.63) is 138 Å². The van der Waals surface area contributed by atoms with Crippen molar-refractivity contribution >= 4 is 30.6 Å². The van der Waals surface area contributed by atoms with Gasteiger partial charge in [-0.2, -0.15) is 0 Å². The zero-order valence-corrected chi connectivity index (χ0v) is 34.1. The molecule has 0 radical (unpaired) electrons. The molecular formula is C47H56O7Si. The van der Waals surface area contributed by atoms with Crippen molar-refractivity contribution in [1.82, 2.24) is 0 Å². The lowest BCUT2D eigenvalue weighted by atomic mass is 9.75. The van der Waals surface area contributed by atoms with Gasteiger partial charge in [0, 0.05) is 25.2 Å². The predicted octanol–water partition coefficient (Wildman–Crippen LogP) is 8.70. The summed E-state index contributed by atoms with van der Waals surface area (Å²) in [5.41, 5.74) is 3.33. The van der Waals surface area contributed by atoms with Gasteiger partial charge in [0.05, 0.1) is 25.9 Å². The Bertz CT molecular complexity index is 1860. The molecule has 8 heteroatoms. The first kappa shape index (κ1) is 40.4. The third-order valence-electron chi connectivity index (χ3n) is 10.8. The first-order valence-corrected chi connectivity index (χ1v) is 21.3. The Hall–Kier alpha value is -4.31. The van der Waals surface area contributed by atoms with Gasteiger partial charge in [0.1, 0.15) is 24.9 Å².